The molecule has 0 saturated heterocycles. The molecule has 0 aliphatic heterocycles. The monoisotopic (exact) mass is 498 g/mol. The van der Waals surface area contributed by atoms with Crippen molar-refractivity contribution in [1.29, 1.82) is 0 Å². The smallest absolute Gasteiger partial charge is 0.117 e. The molecule has 0 amide bonds. The summed E-state index contributed by atoms with van der Waals surface area (Å²) < 4.78 is 18.3. The average Bonchev–Trinajstić information content (AvgIpc) is 3.01. The van der Waals surface area contributed by atoms with Crippen molar-refractivity contribution >= 4 is 0 Å². The molecule has 36 heavy (non-hydrogen) atoms. The summed E-state index contributed by atoms with van der Waals surface area (Å²) in [7, 11) is 0. The highest BCUT2D eigenvalue weighted by molar-refractivity contribution is 5.34. The van der Waals surface area contributed by atoms with Crippen LogP contribution in [0.15, 0.2) is 79.1 Å². The van der Waals surface area contributed by atoms with Crippen LogP contribution in [-0.2, 0) is 14.2 Å². The van der Waals surface area contributed by atoms with E-state index in [-0.39, 0.29) is 17.6 Å². The second kappa shape index (κ2) is 18.2. The highest BCUT2D eigenvalue weighted by Crippen LogP contribution is 2.41. The summed E-state index contributed by atoms with van der Waals surface area (Å²) in [5.41, 5.74) is 0.752. The molecule has 3 unspecified atom stereocenters. The molecule has 1 aromatic rings. The first kappa shape index (κ1) is 33.9. The largest absolute Gasteiger partial charge is 0.488 e. The Labute approximate surface area is 223 Å². The lowest BCUT2D eigenvalue weighted by molar-refractivity contribution is -0.0829. The zero-order valence-electron chi connectivity index (χ0n) is 24.8. The normalized spacial score (nSPS) is 18.6. The van der Waals surface area contributed by atoms with Crippen molar-refractivity contribution in [1.82, 2.24) is 0 Å². The van der Waals surface area contributed by atoms with Gasteiger partial charge < -0.3 is 14.2 Å². The Morgan fingerprint density at radius 2 is 1.64 bits per heavy atom. The molecular weight excluding hydrogens is 444 g/mol. The van der Waals surface area contributed by atoms with E-state index in [9.17, 15) is 0 Å². The first-order valence-electron chi connectivity index (χ1n) is 13.7. The van der Waals surface area contributed by atoms with Gasteiger partial charge in [0.05, 0.1) is 25.4 Å². The van der Waals surface area contributed by atoms with Crippen LogP contribution in [0.4, 0.5) is 0 Å². The number of hydrogen-bond acceptors (Lipinski definition) is 3. The molecule has 2 rings (SSSR count). The van der Waals surface area contributed by atoms with Gasteiger partial charge in [-0.05, 0) is 51.3 Å². The minimum absolute atomic E-state index is 0.0435. The zero-order valence-corrected chi connectivity index (χ0v) is 24.8. The summed E-state index contributed by atoms with van der Waals surface area (Å²) >= 11 is 0. The minimum atomic E-state index is -0.408. The van der Waals surface area contributed by atoms with E-state index in [2.05, 4.69) is 103 Å². The molecule has 3 nitrogen and oxygen atoms in total. The van der Waals surface area contributed by atoms with Crippen molar-refractivity contribution in [3.63, 3.8) is 0 Å². The van der Waals surface area contributed by atoms with Crippen LogP contribution < -0.4 is 0 Å². The maximum absolute atomic E-state index is 6.54. The fraction of sp³-hybridized carbons (Fsp3) is 0.576. The highest BCUT2D eigenvalue weighted by Gasteiger charge is 2.31. The van der Waals surface area contributed by atoms with Crippen LogP contribution in [-0.4, -0.2) is 31.0 Å². The average molecular weight is 499 g/mol. The Balaban J connectivity index is 0.00000227. The lowest BCUT2D eigenvalue weighted by Crippen LogP contribution is -2.35. The van der Waals surface area contributed by atoms with Gasteiger partial charge in [0.1, 0.15) is 11.4 Å². The molecule has 0 saturated carbocycles. The lowest BCUT2D eigenvalue weighted by Gasteiger charge is -2.34. The predicted molar refractivity (Wildman–Crippen MR) is 157 cm³/mol. The Hall–Kier alpha value is -2.10. The third-order valence-electron chi connectivity index (χ3n) is 5.63. The zero-order chi connectivity index (χ0) is 27.6. The standard InChI is InChI=1S/C28H40O3.C3H8.C2H6/c1-8-18-29-21-26(30-22(2)3)19-27(5,6)31-25-16-12-13-17-28(7,20-25)23(4)24-14-10-9-11-15-24;1-3-2;1-2/h8-17,20,22-23,26H,1,18-19,21H2,2-7H3;3H2,1-2H3;1-2H3. The Bertz CT molecular complexity index is 788. The van der Waals surface area contributed by atoms with Gasteiger partial charge in [0.25, 0.3) is 0 Å². The van der Waals surface area contributed by atoms with Crippen LogP contribution in [0.5, 0.6) is 0 Å². The fourth-order valence-corrected chi connectivity index (χ4v) is 3.97. The third-order valence-corrected chi connectivity index (χ3v) is 5.63. The van der Waals surface area contributed by atoms with Crippen molar-refractivity contribution in [2.24, 2.45) is 5.41 Å². The van der Waals surface area contributed by atoms with Crippen LogP contribution in [0.3, 0.4) is 0 Å². The summed E-state index contributed by atoms with van der Waals surface area (Å²) in [5, 5.41) is 0. The molecule has 0 heterocycles. The van der Waals surface area contributed by atoms with Crippen molar-refractivity contribution in [2.45, 2.75) is 106 Å². The Morgan fingerprint density at radius 3 is 2.19 bits per heavy atom. The van der Waals surface area contributed by atoms with E-state index >= 15 is 0 Å². The van der Waals surface area contributed by atoms with E-state index in [1.165, 1.54) is 12.0 Å². The van der Waals surface area contributed by atoms with E-state index in [1.54, 1.807) is 6.08 Å². The van der Waals surface area contributed by atoms with E-state index in [0.717, 1.165) is 12.2 Å². The van der Waals surface area contributed by atoms with Crippen LogP contribution in [0, 0.1) is 5.41 Å². The molecule has 0 bridgehead atoms. The number of allylic oxidation sites excluding steroid dienone is 5. The maximum Gasteiger partial charge on any atom is 0.117 e. The first-order chi connectivity index (χ1) is 17.1. The SMILES string of the molecule is C=CCOCC(CC(C)(C)OC1=CC(C)(C(C)c2ccccc2)C=CC=C1)OC(C)C.CC.CCC. The fourth-order valence-electron chi connectivity index (χ4n) is 3.97. The third kappa shape index (κ3) is 13.3. The molecule has 0 radical (unpaired) electrons. The summed E-state index contributed by atoms with van der Waals surface area (Å²) in [6.45, 7) is 25.9. The van der Waals surface area contributed by atoms with Gasteiger partial charge >= 0.3 is 0 Å². The first-order valence-corrected chi connectivity index (χ1v) is 13.7. The maximum atomic E-state index is 6.54. The molecule has 204 valence electrons. The number of hydrogen-bond donors (Lipinski definition) is 0. The van der Waals surface area contributed by atoms with Gasteiger partial charge in [-0.15, -0.1) is 6.58 Å². The van der Waals surface area contributed by atoms with Crippen molar-refractivity contribution in [3.05, 3.63) is 84.7 Å². The molecule has 1 aromatic carbocycles. The van der Waals surface area contributed by atoms with Crippen molar-refractivity contribution < 1.29 is 14.2 Å². The number of benzene rings is 1. The van der Waals surface area contributed by atoms with Gasteiger partial charge in [-0.1, -0.05) is 103 Å². The Morgan fingerprint density at radius 1 is 1.03 bits per heavy atom. The summed E-state index contributed by atoms with van der Waals surface area (Å²) in [4.78, 5) is 0. The van der Waals surface area contributed by atoms with Crippen LogP contribution >= 0.6 is 0 Å². The molecule has 0 N–H and O–H groups in total. The molecule has 1 aliphatic carbocycles. The molecule has 3 atom stereocenters. The molecule has 0 fully saturated rings. The Kier molecular flexibility index (Phi) is 17.1. The highest BCUT2D eigenvalue weighted by atomic mass is 16.5. The van der Waals surface area contributed by atoms with E-state index in [4.69, 9.17) is 14.2 Å². The molecule has 0 spiro atoms. The molecular formula is C33H54O3. The number of rotatable bonds is 12. The van der Waals surface area contributed by atoms with Gasteiger partial charge in [0, 0.05) is 11.8 Å². The van der Waals surface area contributed by atoms with E-state index < -0.39 is 5.60 Å². The van der Waals surface area contributed by atoms with Crippen molar-refractivity contribution in [2.75, 3.05) is 13.2 Å². The van der Waals surface area contributed by atoms with Gasteiger partial charge in [-0.3, -0.25) is 0 Å². The number of ether oxygens (including phenoxy) is 3. The minimum Gasteiger partial charge on any atom is -0.488 e. The van der Waals surface area contributed by atoms with Gasteiger partial charge in [0.15, 0.2) is 0 Å². The predicted octanol–water partition coefficient (Wildman–Crippen LogP) is 9.43. The quantitative estimate of drug-likeness (QED) is 0.212. The van der Waals surface area contributed by atoms with Gasteiger partial charge in [0.2, 0.25) is 0 Å². The second-order valence-corrected chi connectivity index (χ2v) is 10.2. The molecule has 0 aromatic heterocycles. The van der Waals surface area contributed by atoms with Crippen LogP contribution in [0.2, 0.25) is 0 Å². The van der Waals surface area contributed by atoms with E-state index in [1.807, 2.05) is 33.8 Å². The van der Waals surface area contributed by atoms with Gasteiger partial charge in [-0.25, -0.2) is 0 Å². The second-order valence-electron chi connectivity index (χ2n) is 10.2. The van der Waals surface area contributed by atoms with Gasteiger partial charge in [-0.2, -0.15) is 0 Å². The lowest BCUT2D eigenvalue weighted by atomic mass is 9.74. The summed E-state index contributed by atoms with van der Waals surface area (Å²) in [5.74, 6) is 1.20. The molecule has 1 aliphatic rings. The molecule has 3 heteroatoms. The van der Waals surface area contributed by atoms with E-state index in [0.29, 0.717) is 19.1 Å². The topological polar surface area (TPSA) is 27.7 Å². The van der Waals surface area contributed by atoms with Crippen LogP contribution in [0.25, 0.3) is 0 Å². The van der Waals surface area contributed by atoms with Crippen LogP contribution in [0.1, 0.15) is 93.6 Å². The summed E-state index contributed by atoms with van der Waals surface area (Å²) in [6.07, 6.45) is 14.6. The van der Waals surface area contributed by atoms with Crippen molar-refractivity contribution in [3.8, 4) is 0 Å². The summed E-state index contributed by atoms with van der Waals surface area (Å²) in [6, 6.07) is 10.6.